The SMILES string of the molecule is C=CC[N+](C)(C)CCCNC(=O)CC[C@@H](C)[C@H]1CCC2C3C(C[C@H](O)[C@@]21C)[C@@]1(C)CC[C@@H](O)CC1C[C@H]3O.[Br-]. The molecule has 0 saturated heterocycles. The summed E-state index contributed by atoms with van der Waals surface area (Å²) < 4.78 is 0.887. The van der Waals surface area contributed by atoms with E-state index < -0.39 is 0 Å². The molecule has 0 aromatic carbocycles. The number of nitrogens with one attached hydrogen (secondary N) is 1. The molecule has 4 aliphatic carbocycles. The van der Waals surface area contributed by atoms with Crippen molar-refractivity contribution in [3.63, 3.8) is 0 Å². The second-order valence-corrected chi connectivity index (χ2v) is 14.9. The summed E-state index contributed by atoms with van der Waals surface area (Å²) in [7, 11) is 4.38. The van der Waals surface area contributed by atoms with E-state index in [0.717, 1.165) is 75.4 Å². The van der Waals surface area contributed by atoms with Crippen molar-refractivity contribution in [2.45, 2.75) is 103 Å². The fourth-order valence-electron chi connectivity index (χ4n) is 9.96. The van der Waals surface area contributed by atoms with E-state index in [4.69, 9.17) is 0 Å². The Morgan fingerprint density at radius 3 is 2.51 bits per heavy atom. The highest BCUT2D eigenvalue weighted by Gasteiger charge is 2.65. The topological polar surface area (TPSA) is 89.8 Å². The molecule has 0 aromatic heterocycles. The Kier molecular flexibility index (Phi) is 10.9. The molecular formula is C32H57BrN2O4. The first-order valence-electron chi connectivity index (χ1n) is 15.6. The summed E-state index contributed by atoms with van der Waals surface area (Å²) in [5.74, 6) is 2.11. The maximum absolute atomic E-state index is 12.6. The summed E-state index contributed by atoms with van der Waals surface area (Å²) in [6.07, 6.45) is 9.68. The van der Waals surface area contributed by atoms with Gasteiger partial charge in [-0.3, -0.25) is 4.79 Å². The third-order valence-corrected chi connectivity index (χ3v) is 12.2. The van der Waals surface area contributed by atoms with Gasteiger partial charge in [0.05, 0.1) is 45.5 Å². The number of likely N-dealkylation sites (N-methyl/N-ethyl adjacent to an activating group) is 1. The maximum Gasteiger partial charge on any atom is 0.220 e. The van der Waals surface area contributed by atoms with Crippen LogP contribution in [-0.2, 0) is 4.79 Å². The molecule has 0 aliphatic heterocycles. The number of amides is 1. The molecule has 0 spiro atoms. The number of carbonyl (C=O) groups is 1. The molecular weight excluding hydrogens is 556 g/mol. The van der Waals surface area contributed by atoms with Gasteiger partial charge >= 0.3 is 0 Å². The van der Waals surface area contributed by atoms with Gasteiger partial charge in [0.1, 0.15) is 0 Å². The monoisotopic (exact) mass is 612 g/mol. The minimum atomic E-state index is -0.371. The highest BCUT2D eigenvalue weighted by atomic mass is 79.9. The molecule has 0 aromatic rings. The van der Waals surface area contributed by atoms with Crippen LogP contribution >= 0.6 is 0 Å². The average Bonchev–Trinajstić information content (AvgIpc) is 3.20. The fraction of sp³-hybridized carbons (Fsp3) is 0.906. The lowest BCUT2D eigenvalue weighted by molar-refractivity contribution is -0.884. The number of nitrogens with zero attached hydrogens (tertiary/aromatic N) is 1. The molecule has 0 bridgehead atoms. The minimum absolute atomic E-state index is 0. The van der Waals surface area contributed by atoms with Crippen LogP contribution in [-0.4, -0.2) is 77.8 Å². The van der Waals surface area contributed by atoms with E-state index in [0.29, 0.717) is 42.6 Å². The lowest BCUT2D eigenvalue weighted by atomic mass is 9.43. The minimum Gasteiger partial charge on any atom is -1.00 e. The first-order chi connectivity index (χ1) is 17.8. The van der Waals surface area contributed by atoms with Crippen molar-refractivity contribution in [2.75, 3.05) is 33.7 Å². The first kappa shape index (κ1) is 33.0. The number of halogens is 1. The van der Waals surface area contributed by atoms with Crippen molar-refractivity contribution < 1.29 is 41.6 Å². The first-order valence-corrected chi connectivity index (χ1v) is 15.6. The molecule has 6 nitrogen and oxygen atoms in total. The number of hydrogen-bond donors (Lipinski definition) is 4. The maximum atomic E-state index is 12.6. The van der Waals surface area contributed by atoms with Crippen molar-refractivity contribution in [1.29, 1.82) is 0 Å². The summed E-state index contributed by atoms with van der Waals surface area (Å²) in [6.45, 7) is 13.4. The summed E-state index contributed by atoms with van der Waals surface area (Å²) in [4.78, 5) is 12.6. The molecule has 4 aliphatic rings. The van der Waals surface area contributed by atoms with Gasteiger partial charge in [0.25, 0.3) is 0 Å². The van der Waals surface area contributed by atoms with Crippen molar-refractivity contribution >= 4 is 5.91 Å². The van der Waals surface area contributed by atoms with Crippen molar-refractivity contribution in [3.05, 3.63) is 12.7 Å². The number of carbonyl (C=O) groups excluding carboxylic acids is 1. The van der Waals surface area contributed by atoms with Gasteiger partial charge in [-0.25, -0.2) is 0 Å². The van der Waals surface area contributed by atoms with Crippen LogP contribution in [0.25, 0.3) is 0 Å². The van der Waals surface area contributed by atoms with E-state index in [1.54, 1.807) is 0 Å². The van der Waals surface area contributed by atoms with Gasteiger partial charge in [-0.2, -0.15) is 0 Å². The van der Waals surface area contributed by atoms with Crippen LogP contribution in [0.15, 0.2) is 12.7 Å². The summed E-state index contributed by atoms with van der Waals surface area (Å²) >= 11 is 0. The third-order valence-electron chi connectivity index (χ3n) is 12.2. The highest BCUT2D eigenvalue weighted by molar-refractivity contribution is 5.75. The van der Waals surface area contributed by atoms with Crippen molar-refractivity contribution in [2.24, 2.45) is 46.3 Å². The van der Waals surface area contributed by atoms with Gasteiger partial charge < -0.3 is 42.1 Å². The van der Waals surface area contributed by atoms with E-state index in [1.807, 2.05) is 6.08 Å². The predicted octanol–water partition coefficient (Wildman–Crippen LogP) is 1.14. The van der Waals surface area contributed by atoms with Crippen LogP contribution in [0, 0.1) is 46.3 Å². The number of rotatable bonds is 10. The van der Waals surface area contributed by atoms with Crippen LogP contribution in [0.4, 0.5) is 0 Å². The zero-order chi connectivity index (χ0) is 27.9. The average molecular weight is 614 g/mol. The number of aliphatic hydroxyl groups excluding tert-OH is 3. The molecule has 4 N–H and O–H groups in total. The molecule has 1 amide bonds. The molecule has 4 saturated carbocycles. The Hall–Kier alpha value is -0.470. The van der Waals surface area contributed by atoms with Crippen molar-refractivity contribution in [1.82, 2.24) is 5.32 Å². The van der Waals surface area contributed by atoms with Crippen LogP contribution in [0.3, 0.4) is 0 Å². The van der Waals surface area contributed by atoms with Crippen LogP contribution < -0.4 is 22.3 Å². The quantitative estimate of drug-likeness (QED) is 0.169. The third kappa shape index (κ3) is 6.48. The second-order valence-electron chi connectivity index (χ2n) is 14.9. The molecule has 4 unspecified atom stereocenters. The van der Waals surface area contributed by atoms with Crippen LogP contribution in [0.1, 0.15) is 85.0 Å². The Labute approximate surface area is 248 Å². The molecule has 11 atom stereocenters. The molecule has 4 fully saturated rings. The molecule has 39 heavy (non-hydrogen) atoms. The summed E-state index contributed by atoms with van der Waals surface area (Å²) in [6, 6.07) is 0. The fourth-order valence-corrected chi connectivity index (χ4v) is 9.96. The van der Waals surface area contributed by atoms with Crippen LogP contribution in [0.5, 0.6) is 0 Å². The smallest absolute Gasteiger partial charge is 0.220 e. The van der Waals surface area contributed by atoms with Crippen molar-refractivity contribution in [3.8, 4) is 0 Å². The van der Waals surface area contributed by atoms with E-state index >= 15 is 0 Å². The van der Waals surface area contributed by atoms with Crippen LogP contribution in [0.2, 0.25) is 0 Å². The standard InChI is InChI=1S/C32H56N2O4.BrH/c1-7-16-34(5,6)17-8-15-33-29(38)12-9-21(2)24-10-11-25-30-26(20-28(37)32(24,25)4)31(3)14-13-23(35)18-22(31)19-27(30)36;/h7,21-28,30,35-37H,1,8-20H2,2-6H3;1H/t21-,22?,23-,24-,25?,26?,27-,28+,30?,31+,32-;/m1./s1. The van der Waals surface area contributed by atoms with Gasteiger partial charge in [-0.05, 0) is 104 Å². The number of hydrogen-bond acceptors (Lipinski definition) is 4. The Morgan fingerprint density at radius 2 is 1.82 bits per heavy atom. The Balaban J connectivity index is 0.00000420. The van der Waals surface area contributed by atoms with Gasteiger partial charge in [0.2, 0.25) is 5.91 Å². The summed E-state index contributed by atoms with van der Waals surface area (Å²) in [5, 5.41) is 36.6. The van der Waals surface area contributed by atoms with E-state index in [1.165, 1.54) is 0 Å². The number of quaternary nitrogens is 1. The Morgan fingerprint density at radius 1 is 1.10 bits per heavy atom. The summed E-state index contributed by atoms with van der Waals surface area (Å²) in [5.41, 5.74) is -0.100. The van der Waals surface area contributed by atoms with E-state index in [9.17, 15) is 20.1 Å². The van der Waals surface area contributed by atoms with E-state index in [-0.39, 0.29) is 57.9 Å². The number of fused-ring (bicyclic) bond motifs is 5. The van der Waals surface area contributed by atoms with Gasteiger partial charge in [-0.1, -0.05) is 27.4 Å². The highest BCUT2D eigenvalue weighted by Crippen LogP contribution is 2.68. The molecule has 7 heteroatoms. The Bertz CT molecular complexity index is 854. The largest absolute Gasteiger partial charge is 1.00 e. The normalized spacial score (nSPS) is 42.4. The second kappa shape index (κ2) is 12.8. The molecule has 0 heterocycles. The lowest BCUT2D eigenvalue weighted by Crippen LogP contribution is -3.00. The lowest BCUT2D eigenvalue weighted by Gasteiger charge is -2.63. The van der Waals surface area contributed by atoms with Gasteiger partial charge in [0, 0.05) is 19.4 Å². The molecule has 4 rings (SSSR count). The zero-order valence-electron chi connectivity index (χ0n) is 25.2. The molecule has 0 radical (unpaired) electrons. The van der Waals surface area contributed by atoms with Gasteiger partial charge in [-0.15, -0.1) is 0 Å². The zero-order valence-corrected chi connectivity index (χ0v) is 26.8. The number of aliphatic hydroxyl groups is 3. The predicted molar refractivity (Wildman–Crippen MR) is 152 cm³/mol. The van der Waals surface area contributed by atoms with E-state index in [2.05, 4.69) is 46.8 Å². The molecule has 226 valence electrons. The van der Waals surface area contributed by atoms with Gasteiger partial charge in [0.15, 0.2) is 0 Å².